The molecule has 10 aromatic rings. The third-order valence-electron chi connectivity index (χ3n) is 9.92. The van der Waals surface area contributed by atoms with Crippen LogP contribution in [-0.4, -0.2) is 9.13 Å². The van der Waals surface area contributed by atoms with Gasteiger partial charge in [0, 0.05) is 33.7 Å². The summed E-state index contributed by atoms with van der Waals surface area (Å²) in [6, 6.07) is 63.9. The molecule has 2 nitrogen and oxygen atoms in total. The average Bonchev–Trinajstić information content (AvgIpc) is 3.74. The highest BCUT2D eigenvalue weighted by Gasteiger charge is 2.19. The number of benzene rings is 8. The van der Waals surface area contributed by atoms with E-state index in [0.29, 0.717) is 0 Å². The number of hydrogen-bond donors (Lipinski definition) is 0. The van der Waals surface area contributed by atoms with Crippen molar-refractivity contribution in [2.24, 2.45) is 0 Å². The number of hydrogen-bond acceptors (Lipinski definition) is 0. The van der Waals surface area contributed by atoms with E-state index in [1.165, 1.54) is 82.2 Å². The molecule has 0 atom stereocenters. The molecule has 0 amide bonds. The van der Waals surface area contributed by atoms with Crippen LogP contribution >= 0.6 is 0 Å². The van der Waals surface area contributed by atoms with E-state index in [2.05, 4.69) is 191 Å². The van der Waals surface area contributed by atoms with E-state index in [1.54, 1.807) is 0 Å². The first kappa shape index (κ1) is 26.8. The van der Waals surface area contributed by atoms with Crippen LogP contribution in [0.4, 0.5) is 0 Å². The van der Waals surface area contributed by atoms with Gasteiger partial charge in [-0.3, -0.25) is 0 Å². The van der Waals surface area contributed by atoms with Crippen LogP contribution in [0.5, 0.6) is 0 Å². The first-order valence-electron chi connectivity index (χ1n) is 16.5. The fourth-order valence-corrected chi connectivity index (χ4v) is 7.91. The molecule has 8 aromatic carbocycles. The Morgan fingerprint density at radius 2 is 0.854 bits per heavy atom. The zero-order chi connectivity index (χ0) is 31.6. The Morgan fingerprint density at radius 3 is 1.54 bits per heavy atom. The van der Waals surface area contributed by atoms with E-state index in [-0.39, 0.29) is 0 Å². The highest BCUT2D eigenvalue weighted by Crippen LogP contribution is 2.44. The second-order valence-electron chi connectivity index (χ2n) is 12.5. The fourth-order valence-electron chi connectivity index (χ4n) is 7.91. The van der Waals surface area contributed by atoms with Crippen molar-refractivity contribution in [2.45, 2.75) is 0 Å². The summed E-state index contributed by atoms with van der Waals surface area (Å²) in [6.45, 7) is 0. The molecule has 0 aliphatic rings. The van der Waals surface area contributed by atoms with Gasteiger partial charge in [0.15, 0.2) is 0 Å². The van der Waals surface area contributed by atoms with E-state index in [1.807, 2.05) is 0 Å². The van der Waals surface area contributed by atoms with Crippen LogP contribution in [0.15, 0.2) is 182 Å². The lowest BCUT2D eigenvalue weighted by molar-refractivity contribution is 1.13. The standard InChI is InChI=1S/C46H30N2/c1-3-14-31(15-4-1)44-36-21-7-9-23-38(36)45(39-24-10-8-22-37(39)44)32-16-13-19-34(30-32)47-29-28-41-42(47)27-26-40-35-20-11-12-25-43(35)48(46(40)41)33-17-5-2-6-18-33/h1-30H. The molecule has 0 fully saturated rings. The lowest BCUT2D eigenvalue weighted by atomic mass is 9.86. The number of para-hydroxylation sites is 2. The van der Waals surface area contributed by atoms with E-state index in [0.717, 1.165) is 5.69 Å². The summed E-state index contributed by atoms with van der Waals surface area (Å²) in [6.07, 6.45) is 2.23. The van der Waals surface area contributed by atoms with Crippen molar-refractivity contribution in [3.05, 3.63) is 182 Å². The maximum absolute atomic E-state index is 2.42. The minimum absolute atomic E-state index is 1.14. The maximum Gasteiger partial charge on any atom is 0.0635 e. The number of aromatic nitrogens is 2. The summed E-state index contributed by atoms with van der Waals surface area (Å²) < 4.78 is 4.76. The van der Waals surface area contributed by atoms with Crippen LogP contribution in [0, 0.1) is 0 Å². The Balaban J connectivity index is 1.21. The van der Waals surface area contributed by atoms with Crippen molar-refractivity contribution < 1.29 is 0 Å². The zero-order valence-corrected chi connectivity index (χ0v) is 26.2. The molecule has 0 radical (unpaired) electrons. The number of nitrogens with zero attached hydrogens (tertiary/aromatic N) is 2. The minimum Gasteiger partial charge on any atom is -0.316 e. The van der Waals surface area contributed by atoms with Crippen LogP contribution in [0.3, 0.4) is 0 Å². The molecule has 0 aliphatic heterocycles. The van der Waals surface area contributed by atoms with Gasteiger partial charge in [0.05, 0.1) is 16.6 Å². The molecule has 0 saturated heterocycles. The van der Waals surface area contributed by atoms with Gasteiger partial charge in [-0.05, 0) is 86.3 Å². The van der Waals surface area contributed by atoms with Crippen molar-refractivity contribution in [2.75, 3.05) is 0 Å². The second kappa shape index (κ2) is 10.6. The third kappa shape index (κ3) is 3.93. The quantitative estimate of drug-likeness (QED) is 0.175. The van der Waals surface area contributed by atoms with Crippen molar-refractivity contribution in [3.8, 4) is 33.6 Å². The molecular formula is C46H30N2. The van der Waals surface area contributed by atoms with Crippen LogP contribution in [0.1, 0.15) is 0 Å². The summed E-state index contributed by atoms with van der Waals surface area (Å²) in [5.41, 5.74) is 11.0. The lowest BCUT2D eigenvalue weighted by Gasteiger charge is -2.18. The minimum atomic E-state index is 1.14. The Labute approximate surface area is 278 Å². The third-order valence-corrected chi connectivity index (χ3v) is 9.92. The van der Waals surface area contributed by atoms with Crippen molar-refractivity contribution in [1.29, 1.82) is 0 Å². The van der Waals surface area contributed by atoms with E-state index < -0.39 is 0 Å². The van der Waals surface area contributed by atoms with Gasteiger partial charge in [0.25, 0.3) is 0 Å². The topological polar surface area (TPSA) is 9.86 Å². The molecule has 0 saturated carbocycles. The molecule has 224 valence electrons. The molecule has 0 aliphatic carbocycles. The average molecular weight is 611 g/mol. The molecule has 48 heavy (non-hydrogen) atoms. The predicted octanol–water partition coefficient (Wildman–Crippen LogP) is 12.4. The molecule has 0 unspecified atom stereocenters. The summed E-state index contributed by atoms with van der Waals surface area (Å²) in [5, 5.41) is 8.84. The maximum atomic E-state index is 2.42. The number of fused-ring (bicyclic) bond motifs is 7. The SMILES string of the molecule is c1ccc(-c2c3ccccc3c(-c3cccc(-n4ccc5c4ccc4c6ccccc6n(-c6ccccc6)c45)c3)c3ccccc23)cc1. The number of rotatable bonds is 4. The molecule has 0 bridgehead atoms. The van der Waals surface area contributed by atoms with Crippen molar-refractivity contribution in [1.82, 2.24) is 9.13 Å². The Hall–Kier alpha value is -6.38. The lowest BCUT2D eigenvalue weighted by Crippen LogP contribution is -1.95. The Morgan fingerprint density at radius 1 is 0.312 bits per heavy atom. The summed E-state index contributed by atoms with van der Waals surface area (Å²) >= 11 is 0. The van der Waals surface area contributed by atoms with E-state index in [4.69, 9.17) is 0 Å². The normalized spacial score (nSPS) is 11.8. The smallest absolute Gasteiger partial charge is 0.0635 e. The molecule has 2 aromatic heterocycles. The van der Waals surface area contributed by atoms with Gasteiger partial charge in [0.2, 0.25) is 0 Å². The van der Waals surface area contributed by atoms with E-state index >= 15 is 0 Å². The fraction of sp³-hybridized carbons (Fsp3) is 0. The van der Waals surface area contributed by atoms with Gasteiger partial charge in [-0.25, -0.2) is 0 Å². The molecule has 2 heteroatoms. The van der Waals surface area contributed by atoms with Gasteiger partial charge in [-0.15, -0.1) is 0 Å². The highest BCUT2D eigenvalue weighted by molar-refractivity contribution is 6.22. The monoisotopic (exact) mass is 610 g/mol. The van der Waals surface area contributed by atoms with Gasteiger partial charge in [-0.1, -0.05) is 133 Å². The molecule has 0 spiro atoms. The molecular weight excluding hydrogens is 581 g/mol. The van der Waals surface area contributed by atoms with Crippen LogP contribution in [0.25, 0.3) is 87.9 Å². The molecule has 0 N–H and O–H groups in total. The van der Waals surface area contributed by atoms with Crippen molar-refractivity contribution in [3.63, 3.8) is 0 Å². The van der Waals surface area contributed by atoms with Gasteiger partial charge in [0.1, 0.15) is 0 Å². The zero-order valence-electron chi connectivity index (χ0n) is 26.2. The second-order valence-corrected chi connectivity index (χ2v) is 12.5. The molecule has 10 rings (SSSR count). The van der Waals surface area contributed by atoms with Gasteiger partial charge < -0.3 is 9.13 Å². The van der Waals surface area contributed by atoms with E-state index in [9.17, 15) is 0 Å². The Bertz CT molecular complexity index is 2760. The largest absolute Gasteiger partial charge is 0.316 e. The highest BCUT2D eigenvalue weighted by atomic mass is 15.0. The summed E-state index contributed by atoms with van der Waals surface area (Å²) in [7, 11) is 0. The van der Waals surface area contributed by atoms with Crippen LogP contribution < -0.4 is 0 Å². The van der Waals surface area contributed by atoms with Gasteiger partial charge in [-0.2, -0.15) is 0 Å². The summed E-state index contributed by atoms with van der Waals surface area (Å²) in [5.74, 6) is 0. The first-order chi connectivity index (χ1) is 23.8. The van der Waals surface area contributed by atoms with Gasteiger partial charge >= 0.3 is 0 Å². The molecule has 2 heterocycles. The first-order valence-corrected chi connectivity index (χ1v) is 16.5. The summed E-state index contributed by atoms with van der Waals surface area (Å²) in [4.78, 5) is 0. The Kier molecular flexibility index (Phi) is 5.91. The van der Waals surface area contributed by atoms with Crippen LogP contribution in [-0.2, 0) is 0 Å². The van der Waals surface area contributed by atoms with Crippen molar-refractivity contribution >= 4 is 54.3 Å². The predicted molar refractivity (Wildman–Crippen MR) is 203 cm³/mol. The van der Waals surface area contributed by atoms with Crippen LogP contribution in [0.2, 0.25) is 0 Å².